The standard InChI is InChI=1S/C10H13N/c1-4-5-10-9(3)6-8(2)7-11-10/h4-7H,1-3H3/b5-4+. The second kappa shape index (κ2) is 3.33. The minimum atomic E-state index is 1.07. The molecule has 1 heterocycles. The van der Waals surface area contributed by atoms with Gasteiger partial charge in [0.2, 0.25) is 0 Å². The van der Waals surface area contributed by atoms with E-state index in [4.69, 9.17) is 0 Å². The summed E-state index contributed by atoms with van der Waals surface area (Å²) >= 11 is 0. The second-order valence-electron chi connectivity index (χ2n) is 2.71. The van der Waals surface area contributed by atoms with E-state index < -0.39 is 0 Å². The first-order valence-electron chi connectivity index (χ1n) is 3.80. The average Bonchev–Trinajstić information content (AvgIpc) is 1.95. The Morgan fingerprint density at radius 3 is 2.64 bits per heavy atom. The van der Waals surface area contributed by atoms with Crippen LogP contribution in [0.4, 0.5) is 0 Å². The van der Waals surface area contributed by atoms with Crippen molar-refractivity contribution in [3.63, 3.8) is 0 Å². The SMILES string of the molecule is C/C=C/c1ncc(C)cc1C. The Bertz CT molecular complexity index is 274. The first-order chi connectivity index (χ1) is 5.24. The molecule has 11 heavy (non-hydrogen) atoms. The van der Waals surface area contributed by atoms with Gasteiger partial charge >= 0.3 is 0 Å². The number of aromatic nitrogens is 1. The largest absolute Gasteiger partial charge is 0.256 e. The Morgan fingerprint density at radius 2 is 2.09 bits per heavy atom. The fourth-order valence-corrected chi connectivity index (χ4v) is 1.06. The Kier molecular flexibility index (Phi) is 2.42. The fourth-order valence-electron chi connectivity index (χ4n) is 1.06. The molecular weight excluding hydrogens is 134 g/mol. The zero-order valence-electron chi connectivity index (χ0n) is 7.26. The summed E-state index contributed by atoms with van der Waals surface area (Å²) in [5.74, 6) is 0. The molecule has 58 valence electrons. The maximum atomic E-state index is 4.28. The molecule has 1 aromatic heterocycles. The third-order valence-electron chi connectivity index (χ3n) is 1.58. The van der Waals surface area contributed by atoms with Gasteiger partial charge in [-0.2, -0.15) is 0 Å². The maximum Gasteiger partial charge on any atom is 0.0655 e. The molecule has 1 rings (SSSR count). The summed E-state index contributed by atoms with van der Waals surface area (Å²) in [5.41, 5.74) is 3.52. The van der Waals surface area contributed by atoms with Gasteiger partial charge in [0.15, 0.2) is 0 Å². The van der Waals surface area contributed by atoms with Crippen LogP contribution in [-0.2, 0) is 0 Å². The van der Waals surface area contributed by atoms with Crippen LogP contribution in [0.2, 0.25) is 0 Å². The number of nitrogens with zero attached hydrogens (tertiary/aromatic N) is 1. The fraction of sp³-hybridized carbons (Fsp3) is 0.300. The van der Waals surface area contributed by atoms with E-state index in [9.17, 15) is 0 Å². The van der Waals surface area contributed by atoms with Gasteiger partial charge in [0.05, 0.1) is 5.69 Å². The monoisotopic (exact) mass is 147 g/mol. The molecule has 0 atom stereocenters. The van der Waals surface area contributed by atoms with Gasteiger partial charge in [-0.3, -0.25) is 4.98 Å². The van der Waals surface area contributed by atoms with E-state index in [1.54, 1.807) is 0 Å². The van der Waals surface area contributed by atoms with E-state index in [0.717, 1.165) is 5.69 Å². The van der Waals surface area contributed by atoms with Crippen LogP contribution >= 0.6 is 0 Å². The van der Waals surface area contributed by atoms with Crippen molar-refractivity contribution in [1.29, 1.82) is 0 Å². The summed E-state index contributed by atoms with van der Waals surface area (Å²) in [6, 6.07) is 2.14. The summed E-state index contributed by atoms with van der Waals surface area (Å²) in [4.78, 5) is 4.28. The Balaban J connectivity index is 3.09. The van der Waals surface area contributed by atoms with Crippen LogP contribution in [0.15, 0.2) is 18.3 Å². The van der Waals surface area contributed by atoms with E-state index in [1.807, 2.05) is 25.3 Å². The highest BCUT2D eigenvalue weighted by Crippen LogP contribution is 2.07. The van der Waals surface area contributed by atoms with Crippen molar-refractivity contribution in [2.45, 2.75) is 20.8 Å². The first-order valence-corrected chi connectivity index (χ1v) is 3.80. The highest BCUT2D eigenvalue weighted by atomic mass is 14.7. The van der Waals surface area contributed by atoms with Crippen LogP contribution in [0, 0.1) is 13.8 Å². The lowest BCUT2D eigenvalue weighted by Crippen LogP contribution is -1.86. The Hall–Kier alpha value is -1.11. The smallest absolute Gasteiger partial charge is 0.0655 e. The molecule has 0 radical (unpaired) electrons. The lowest BCUT2D eigenvalue weighted by Gasteiger charge is -1.99. The van der Waals surface area contributed by atoms with Gasteiger partial charge in [0.1, 0.15) is 0 Å². The lowest BCUT2D eigenvalue weighted by atomic mass is 10.1. The lowest BCUT2D eigenvalue weighted by molar-refractivity contribution is 1.19. The van der Waals surface area contributed by atoms with Crippen molar-refractivity contribution in [3.8, 4) is 0 Å². The second-order valence-corrected chi connectivity index (χ2v) is 2.71. The van der Waals surface area contributed by atoms with Crippen molar-refractivity contribution in [2.24, 2.45) is 0 Å². The van der Waals surface area contributed by atoms with Gasteiger partial charge in [-0.15, -0.1) is 0 Å². The molecule has 0 aliphatic rings. The number of hydrogen-bond acceptors (Lipinski definition) is 1. The van der Waals surface area contributed by atoms with E-state index in [-0.39, 0.29) is 0 Å². The minimum Gasteiger partial charge on any atom is -0.256 e. The molecule has 0 spiro atoms. The van der Waals surface area contributed by atoms with Gasteiger partial charge in [-0.1, -0.05) is 12.1 Å². The summed E-state index contributed by atoms with van der Waals surface area (Å²) in [6.45, 7) is 6.13. The maximum absolute atomic E-state index is 4.28. The predicted octanol–water partition coefficient (Wildman–Crippen LogP) is 2.73. The molecule has 0 N–H and O–H groups in total. The number of pyridine rings is 1. The third kappa shape index (κ3) is 1.90. The van der Waals surface area contributed by atoms with Gasteiger partial charge in [-0.05, 0) is 38.0 Å². The average molecular weight is 147 g/mol. The first kappa shape index (κ1) is 7.99. The highest BCUT2D eigenvalue weighted by Gasteiger charge is 1.93. The molecule has 0 fully saturated rings. The summed E-state index contributed by atoms with van der Waals surface area (Å²) in [5, 5.41) is 0. The van der Waals surface area contributed by atoms with Crippen LogP contribution < -0.4 is 0 Å². The third-order valence-corrected chi connectivity index (χ3v) is 1.58. The quantitative estimate of drug-likeness (QED) is 0.595. The molecule has 0 saturated heterocycles. The van der Waals surface area contributed by atoms with Crippen LogP contribution in [0.25, 0.3) is 6.08 Å². The normalized spacial score (nSPS) is 10.8. The zero-order chi connectivity index (χ0) is 8.27. The highest BCUT2D eigenvalue weighted by molar-refractivity contribution is 5.48. The van der Waals surface area contributed by atoms with Crippen molar-refractivity contribution < 1.29 is 0 Å². The van der Waals surface area contributed by atoms with E-state index in [1.165, 1.54) is 11.1 Å². The summed E-state index contributed by atoms with van der Waals surface area (Å²) in [7, 11) is 0. The van der Waals surface area contributed by atoms with Gasteiger partial charge in [-0.25, -0.2) is 0 Å². The Morgan fingerprint density at radius 1 is 1.36 bits per heavy atom. The molecular formula is C10H13N. The van der Waals surface area contributed by atoms with Gasteiger partial charge in [0.25, 0.3) is 0 Å². The van der Waals surface area contributed by atoms with Crippen molar-refractivity contribution in [2.75, 3.05) is 0 Å². The van der Waals surface area contributed by atoms with Crippen molar-refractivity contribution >= 4 is 6.08 Å². The van der Waals surface area contributed by atoms with E-state index >= 15 is 0 Å². The summed E-state index contributed by atoms with van der Waals surface area (Å²) < 4.78 is 0. The molecule has 0 unspecified atom stereocenters. The number of allylic oxidation sites excluding steroid dienone is 1. The summed E-state index contributed by atoms with van der Waals surface area (Å²) in [6.07, 6.45) is 5.92. The van der Waals surface area contributed by atoms with Crippen molar-refractivity contribution in [1.82, 2.24) is 4.98 Å². The van der Waals surface area contributed by atoms with E-state index in [0.29, 0.717) is 0 Å². The molecule has 0 saturated carbocycles. The van der Waals surface area contributed by atoms with Crippen LogP contribution in [0.3, 0.4) is 0 Å². The minimum absolute atomic E-state index is 1.07. The molecule has 1 nitrogen and oxygen atoms in total. The predicted molar refractivity (Wildman–Crippen MR) is 48.4 cm³/mol. The molecule has 0 aromatic carbocycles. The van der Waals surface area contributed by atoms with Crippen LogP contribution in [0.5, 0.6) is 0 Å². The van der Waals surface area contributed by atoms with Crippen molar-refractivity contribution in [3.05, 3.63) is 35.2 Å². The molecule has 0 aliphatic carbocycles. The zero-order valence-corrected chi connectivity index (χ0v) is 7.26. The molecule has 1 aromatic rings. The van der Waals surface area contributed by atoms with Crippen LogP contribution in [-0.4, -0.2) is 4.98 Å². The van der Waals surface area contributed by atoms with E-state index in [2.05, 4.69) is 24.9 Å². The number of hydrogen-bond donors (Lipinski definition) is 0. The van der Waals surface area contributed by atoms with Crippen LogP contribution in [0.1, 0.15) is 23.7 Å². The Labute approximate surface area is 67.8 Å². The number of rotatable bonds is 1. The molecule has 0 bridgehead atoms. The molecule has 0 amide bonds. The topological polar surface area (TPSA) is 12.9 Å². The molecule has 1 heteroatoms. The van der Waals surface area contributed by atoms with Gasteiger partial charge < -0.3 is 0 Å². The number of aryl methyl sites for hydroxylation is 2. The van der Waals surface area contributed by atoms with Gasteiger partial charge in [0, 0.05) is 6.20 Å². The molecule has 0 aliphatic heterocycles.